The lowest BCUT2D eigenvalue weighted by molar-refractivity contribution is -0.0566. The third-order valence-electron chi connectivity index (χ3n) is 5.11. The molecule has 3 rings (SSSR count). The first-order valence-corrected chi connectivity index (χ1v) is 8.88. The van der Waals surface area contributed by atoms with Gasteiger partial charge in [0.15, 0.2) is 0 Å². The number of aromatic nitrogens is 2. The van der Waals surface area contributed by atoms with Crippen LogP contribution in [0.3, 0.4) is 0 Å². The summed E-state index contributed by atoms with van der Waals surface area (Å²) in [5.41, 5.74) is 0. The first-order chi connectivity index (χ1) is 11.1. The van der Waals surface area contributed by atoms with Gasteiger partial charge in [0.2, 0.25) is 0 Å². The van der Waals surface area contributed by atoms with Gasteiger partial charge in [-0.1, -0.05) is 0 Å². The number of morpholine rings is 1. The molecule has 0 radical (unpaired) electrons. The van der Waals surface area contributed by atoms with Crippen LogP contribution in [0.5, 0.6) is 0 Å². The summed E-state index contributed by atoms with van der Waals surface area (Å²) in [6.45, 7) is 14.1. The van der Waals surface area contributed by atoms with Crippen molar-refractivity contribution in [3.63, 3.8) is 0 Å². The molecule has 6 nitrogen and oxygen atoms in total. The molecule has 0 amide bonds. The van der Waals surface area contributed by atoms with Gasteiger partial charge in [-0.2, -0.15) is 0 Å². The Kier molecular flexibility index (Phi) is 5.69. The van der Waals surface area contributed by atoms with Crippen LogP contribution in [0.4, 0.5) is 0 Å². The molecule has 1 aromatic rings. The third-order valence-corrected chi connectivity index (χ3v) is 5.11. The average Bonchev–Trinajstić information content (AvgIpc) is 2.95. The quantitative estimate of drug-likeness (QED) is 0.796. The summed E-state index contributed by atoms with van der Waals surface area (Å²) < 4.78 is 8.09. The van der Waals surface area contributed by atoms with Crippen molar-refractivity contribution < 1.29 is 4.74 Å². The molecule has 0 saturated carbocycles. The number of hydrogen-bond donors (Lipinski definition) is 0. The fraction of sp³-hybridized carbons (Fsp3) is 0.824. The van der Waals surface area contributed by atoms with Crippen LogP contribution in [-0.4, -0.2) is 88.8 Å². The highest BCUT2D eigenvalue weighted by molar-refractivity contribution is 4.92. The fourth-order valence-corrected chi connectivity index (χ4v) is 3.49. The summed E-state index contributed by atoms with van der Waals surface area (Å²) in [6.07, 6.45) is 4.27. The van der Waals surface area contributed by atoms with Gasteiger partial charge in [-0.3, -0.25) is 14.7 Å². The summed E-state index contributed by atoms with van der Waals surface area (Å²) in [7, 11) is 2.07. The second kappa shape index (κ2) is 7.75. The van der Waals surface area contributed by atoms with Gasteiger partial charge in [0.25, 0.3) is 0 Å². The van der Waals surface area contributed by atoms with E-state index in [2.05, 4.69) is 45.1 Å². The molecule has 0 unspecified atom stereocenters. The van der Waals surface area contributed by atoms with E-state index in [1.807, 2.05) is 12.4 Å². The molecule has 2 saturated heterocycles. The molecular formula is C17H31N5O. The maximum Gasteiger partial charge on any atom is 0.122 e. The number of imidazole rings is 1. The van der Waals surface area contributed by atoms with E-state index in [-0.39, 0.29) is 0 Å². The first-order valence-electron chi connectivity index (χ1n) is 8.88. The standard InChI is InChI=1S/C17H31N5O/c1-15(2)22-10-11-23-16(13-22)12-20-6-8-21(9-7-20)14-17-18-4-5-19(17)3/h4-5,15-16H,6-14H2,1-3H3/t16-/m1/s1. The molecule has 0 spiro atoms. The van der Waals surface area contributed by atoms with Gasteiger partial charge < -0.3 is 9.30 Å². The lowest BCUT2D eigenvalue weighted by Gasteiger charge is -2.40. The molecule has 2 aliphatic heterocycles. The highest BCUT2D eigenvalue weighted by atomic mass is 16.5. The van der Waals surface area contributed by atoms with Gasteiger partial charge in [0, 0.05) is 71.3 Å². The monoisotopic (exact) mass is 321 g/mol. The summed E-state index contributed by atoms with van der Waals surface area (Å²) in [6, 6.07) is 0.621. The smallest absolute Gasteiger partial charge is 0.122 e. The summed E-state index contributed by atoms with van der Waals surface area (Å²) in [5, 5.41) is 0. The van der Waals surface area contributed by atoms with E-state index in [1.54, 1.807) is 0 Å². The Morgan fingerprint density at radius 2 is 1.91 bits per heavy atom. The molecule has 23 heavy (non-hydrogen) atoms. The Bertz CT molecular complexity index is 481. The van der Waals surface area contributed by atoms with E-state index in [0.29, 0.717) is 12.1 Å². The molecule has 2 aliphatic rings. The minimum absolute atomic E-state index is 0.368. The molecule has 0 aromatic carbocycles. The largest absolute Gasteiger partial charge is 0.374 e. The van der Waals surface area contributed by atoms with Crippen molar-refractivity contribution in [3.8, 4) is 0 Å². The molecule has 130 valence electrons. The third kappa shape index (κ3) is 4.53. The molecule has 1 atom stereocenters. The maximum atomic E-state index is 5.98. The van der Waals surface area contributed by atoms with Crippen molar-refractivity contribution in [1.29, 1.82) is 0 Å². The lowest BCUT2D eigenvalue weighted by Crippen LogP contribution is -2.53. The van der Waals surface area contributed by atoms with Crippen molar-refractivity contribution in [3.05, 3.63) is 18.2 Å². The summed E-state index contributed by atoms with van der Waals surface area (Å²) in [5.74, 6) is 1.15. The van der Waals surface area contributed by atoms with Crippen molar-refractivity contribution in [2.75, 3.05) is 52.4 Å². The Balaban J connectivity index is 1.41. The van der Waals surface area contributed by atoms with Crippen molar-refractivity contribution >= 4 is 0 Å². The van der Waals surface area contributed by atoms with Crippen LogP contribution in [0, 0.1) is 0 Å². The van der Waals surface area contributed by atoms with Crippen LogP contribution in [0.2, 0.25) is 0 Å². The number of aryl methyl sites for hydroxylation is 1. The van der Waals surface area contributed by atoms with E-state index in [4.69, 9.17) is 4.74 Å². The van der Waals surface area contributed by atoms with Gasteiger partial charge in [-0.05, 0) is 13.8 Å². The van der Waals surface area contributed by atoms with Crippen LogP contribution in [-0.2, 0) is 18.3 Å². The van der Waals surface area contributed by atoms with E-state index >= 15 is 0 Å². The molecule has 2 fully saturated rings. The summed E-state index contributed by atoms with van der Waals surface area (Å²) >= 11 is 0. The zero-order valence-electron chi connectivity index (χ0n) is 14.8. The average molecular weight is 321 g/mol. The molecule has 1 aromatic heterocycles. The number of hydrogen-bond acceptors (Lipinski definition) is 5. The Morgan fingerprint density at radius 1 is 1.17 bits per heavy atom. The Morgan fingerprint density at radius 3 is 2.57 bits per heavy atom. The first kappa shape index (κ1) is 16.9. The molecule has 3 heterocycles. The predicted octanol–water partition coefficient (Wildman–Crippen LogP) is 0.647. The Labute approximate surface area is 140 Å². The minimum atomic E-state index is 0.368. The van der Waals surface area contributed by atoms with Gasteiger partial charge in [-0.25, -0.2) is 4.98 Å². The zero-order valence-corrected chi connectivity index (χ0v) is 14.8. The Hall–Kier alpha value is -0.950. The van der Waals surface area contributed by atoms with E-state index < -0.39 is 0 Å². The minimum Gasteiger partial charge on any atom is -0.374 e. The summed E-state index contributed by atoms with van der Waals surface area (Å²) in [4.78, 5) is 12.0. The van der Waals surface area contributed by atoms with Crippen molar-refractivity contribution in [2.45, 2.75) is 32.5 Å². The topological polar surface area (TPSA) is 36.8 Å². The fourth-order valence-electron chi connectivity index (χ4n) is 3.49. The van der Waals surface area contributed by atoms with Gasteiger partial charge in [-0.15, -0.1) is 0 Å². The number of rotatable bonds is 5. The second-order valence-electron chi connectivity index (χ2n) is 7.11. The highest BCUT2D eigenvalue weighted by Crippen LogP contribution is 2.12. The maximum absolute atomic E-state index is 5.98. The highest BCUT2D eigenvalue weighted by Gasteiger charge is 2.26. The lowest BCUT2D eigenvalue weighted by atomic mass is 10.2. The molecule has 0 bridgehead atoms. The zero-order chi connectivity index (χ0) is 16.2. The van der Waals surface area contributed by atoms with Crippen molar-refractivity contribution in [2.24, 2.45) is 7.05 Å². The molecule has 0 aliphatic carbocycles. The van der Waals surface area contributed by atoms with Gasteiger partial charge >= 0.3 is 0 Å². The van der Waals surface area contributed by atoms with E-state index in [1.165, 1.54) is 0 Å². The molecule has 0 N–H and O–H groups in total. The van der Waals surface area contributed by atoms with Crippen molar-refractivity contribution in [1.82, 2.24) is 24.3 Å². The molecule has 6 heteroatoms. The number of piperazine rings is 1. The number of ether oxygens (including phenoxy) is 1. The van der Waals surface area contributed by atoms with E-state index in [0.717, 1.165) is 64.8 Å². The van der Waals surface area contributed by atoms with Crippen LogP contribution in [0.1, 0.15) is 19.7 Å². The second-order valence-corrected chi connectivity index (χ2v) is 7.11. The van der Waals surface area contributed by atoms with E-state index in [9.17, 15) is 0 Å². The predicted molar refractivity (Wildman–Crippen MR) is 91.4 cm³/mol. The van der Waals surface area contributed by atoms with Crippen LogP contribution in [0.15, 0.2) is 12.4 Å². The number of nitrogens with zero attached hydrogens (tertiary/aromatic N) is 5. The molecular weight excluding hydrogens is 290 g/mol. The van der Waals surface area contributed by atoms with Gasteiger partial charge in [0.1, 0.15) is 5.82 Å². The van der Waals surface area contributed by atoms with Crippen LogP contribution < -0.4 is 0 Å². The normalized spacial score (nSPS) is 25.3. The van der Waals surface area contributed by atoms with Crippen LogP contribution >= 0.6 is 0 Å². The van der Waals surface area contributed by atoms with Crippen LogP contribution in [0.25, 0.3) is 0 Å². The van der Waals surface area contributed by atoms with Gasteiger partial charge in [0.05, 0.1) is 19.3 Å². The SMILES string of the molecule is CC(C)N1CCO[C@H](CN2CCN(Cc3nccn3C)CC2)C1.